The number of rotatable bonds is 12. The zero-order valence-electron chi connectivity index (χ0n) is 17.7. The molecule has 0 heterocycles. The molecule has 0 amide bonds. The van der Waals surface area contributed by atoms with Crippen molar-refractivity contribution in [2.24, 2.45) is 0 Å². The molecule has 0 aliphatic carbocycles. The lowest BCUT2D eigenvalue weighted by Crippen LogP contribution is -2.30. The molecule has 4 heteroatoms. The van der Waals surface area contributed by atoms with Crippen molar-refractivity contribution in [3.05, 3.63) is 46.5 Å². The van der Waals surface area contributed by atoms with E-state index in [0.717, 1.165) is 43.2 Å². The van der Waals surface area contributed by atoms with Crippen molar-refractivity contribution >= 4 is 0 Å². The van der Waals surface area contributed by atoms with Gasteiger partial charge in [0.05, 0.1) is 18.8 Å². The molecule has 0 spiro atoms. The molecule has 0 saturated carbocycles. The minimum absolute atomic E-state index is 0.0234. The molecule has 0 radical (unpaired) electrons. The highest BCUT2D eigenvalue weighted by Crippen LogP contribution is 2.22. The van der Waals surface area contributed by atoms with Crippen LogP contribution in [0, 0.1) is 13.8 Å². The molecule has 3 N–H and O–H groups in total. The highest BCUT2D eigenvalue weighted by atomic mass is 16.6. The van der Waals surface area contributed by atoms with E-state index in [1.807, 2.05) is 13.0 Å². The molecule has 0 aliphatic heterocycles. The molecule has 2 atom stereocenters. The zero-order chi connectivity index (χ0) is 20.4. The summed E-state index contributed by atoms with van der Waals surface area (Å²) in [7, 11) is 0. The zero-order valence-corrected chi connectivity index (χ0v) is 17.7. The maximum Gasteiger partial charge on any atom is 0.160 e. The van der Waals surface area contributed by atoms with Gasteiger partial charge >= 0.3 is 0 Å². The Morgan fingerprint density at radius 2 is 1.85 bits per heavy atom. The maximum atomic E-state index is 10.0. The van der Waals surface area contributed by atoms with E-state index in [-0.39, 0.29) is 18.8 Å². The molecule has 0 fully saturated rings. The molecule has 0 aromatic heterocycles. The van der Waals surface area contributed by atoms with E-state index in [4.69, 9.17) is 4.74 Å². The molecule has 0 unspecified atom stereocenters. The van der Waals surface area contributed by atoms with Gasteiger partial charge in [0.1, 0.15) is 0 Å². The summed E-state index contributed by atoms with van der Waals surface area (Å²) in [6, 6.07) is 4.26. The van der Waals surface area contributed by atoms with Crippen LogP contribution >= 0.6 is 0 Å². The lowest BCUT2D eigenvalue weighted by molar-refractivity contribution is -0.207. The maximum absolute atomic E-state index is 10.0. The molecule has 1 rings (SSSR count). The topological polar surface area (TPSA) is 69.9 Å². The van der Waals surface area contributed by atoms with Crippen LogP contribution in [0.5, 0.6) is 0 Å². The van der Waals surface area contributed by atoms with Gasteiger partial charge in [-0.2, -0.15) is 0 Å². The fourth-order valence-electron chi connectivity index (χ4n) is 3.42. The summed E-state index contributed by atoms with van der Waals surface area (Å²) in [6.07, 6.45) is 8.76. The smallest absolute Gasteiger partial charge is 0.160 e. The number of aliphatic hydroxyl groups excluding tert-OH is 2. The third-order valence-corrected chi connectivity index (χ3v) is 4.59. The van der Waals surface area contributed by atoms with E-state index < -0.39 is 5.79 Å². The Labute approximate surface area is 164 Å². The molecule has 1 aromatic rings. The second-order valence-corrected chi connectivity index (χ2v) is 8.09. The van der Waals surface area contributed by atoms with Gasteiger partial charge in [-0.15, -0.1) is 0 Å². The van der Waals surface area contributed by atoms with Crippen molar-refractivity contribution in [3.8, 4) is 0 Å². The van der Waals surface area contributed by atoms with Crippen LogP contribution in [0.1, 0.15) is 75.1 Å². The normalized spacial score (nSPS) is 14.7. The van der Waals surface area contributed by atoms with Gasteiger partial charge in [0.15, 0.2) is 5.79 Å². The van der Waals surface area contributed by atoms with E-state index in [2.05, 4.69) is 25.1 Å². The lowest BCUT2D eigenvalue weighted by Gasteiger charge is -2.26. The highest BCUT2D eigenvalue weighted by Gasteiger charge is 2.20. The molecule has 0 saturated heterocycles. The minimum atomic E-state index is -1.15. The first-order valence-corrected chi connectivity index (χ1v) is 10.1. The van der Waals surface area contributed by atoms with Crippen molar-refractivity contribution in [1.82, 2.24) is 0 Å². The van der Waals surface area contributed by atoms with Crippen molar-refractivity contribution in [2.75, 3.05) is 0 Å². The average Bonchev–Trinajstić information content (AvgIpc) is 2.52. The van der Waals surface area contributed by atoms with Gasteiger partial charge in [-0.1, -0.05) is 29.8 Å². The largest absolute Gasteiger partial charge is 0.393 e. The van der Waals surface area contributed by atoms with Crippen LogP contribution in [-0.4, -0.2) is 33.3 Å². The molecule has 154 valence electrons. The van der Waals surface area contributed by atoms with Crippen LogP contribution in [0.25, 0.3) is 0 Å². The van der Waals surface area contributed by atoms with Crippen molar-refractivity contribution < 1.29 is 20.1 Å². The number of allylic oxidation sites excluding steroid dienone is 1. The van der Waals surface area contributed by atoms with Crippen molar-refractivity contribution in [3.63, 3.8) is 0 Å². The second kappa shape index (κ2) is 11.6. The molecule has 27 heavy (non-hydrogen) atoms. The molecule has 4 nitrogen and oxygen atoms in total. The van der Waals surface area contributed by atoms with Crippen LogP contribution in [0.15, 0.2) is 24.3 Å². The van der Waals surface area contributed by atoms with Crippen LogP contribution in [0.2, 0.25) is 0 Å². The predicted octanol–water partition coefficient (Wildman–Crippen LogP) is 4.34. The highest BCUT2D eigenvalue weighted by molar-refractivity contribution is 5.37. The summed E-state index contributed by atoms with van der Waals surface area (Å²) in [5.41, 5.74) is 4.59. The Kier molecular flexibility index (Phi) is 10.2. The second-order valence-electron chi connectivity index (χ2n) is 8.09. The van der Waals surface area contributed by atoms with Crippen molar-refractivity contribution in [2.45, 2.75) is 97.7 Å². The third-order valence-electron chi connectivity index (χ3n) is 4.59. The van der Waals surface area contributed by atoms with Gasteiger partial charge in [-0.3, -0.25) is 0 Å². The van der Waals surface area contributed by atoms with Crippen LogP contribution in [0.3, 0.4) is 0 Å². The Bertz CT molecular complexity index is 585. The first-order valence-electron chi connectivity index (χ1n) is 10.1. The molecule has 0 bridgehead atoms. The Morgan fingerprint density at radius 1 is 1.15 bits per heavy atom. The Morgan fingerprint density at radius 3 is 2.44 bits per heavy atom. The van der Waals surface area contributed by atoms with Gasteiger partial charge in [-0.25, -0.2) is 0 Å². The summed E-state index contributed by atoms with van der Waals surface area (Å²) in [4.78, 5) is 0. The molecular weight excluding hydrogens is 340 g/mol. The predicted molar refractivity (Wildman–Crippen MR) is 111 cm³/mol. The fraction of sp³-hybridized carbons (Fsp3) is 0.652. The summed E-state index contributed by atoms with van der Waals surface area (Å²) in [5, 5.41) is 29.0. The summed E-state index contributed by atoms with van der Waals surface area (Å²) in [5.74, 6) is -1.15. The van der Waals surface area contributed by atoms with Crippen LogP contribution in [-0.2, 0) is 17.8 Å². The number of hydrogen-bond acceptors (Lipinski definition) is 4. The van der Waals surface area contributed by atoms with Gasteiger partial charge in [-0.05, 0) is 89.8 Å². The third kappa shape index (κ3) is 10.1. The summed E-state index contributed by atoms with van der Waals surface area (Å²) >= 11 is 0. The Balaban J connectivity index is 2.62. The fourth-order valence-corrected chi connectivity index (χ4v) is 3.42. The van der Waals surface area contributed by atoms with Crippen LogP contribution < -0.4 is 0 Å². The molecule has 0 aliphatic rings. The van der Waals surface area contributed by atoms with Crippen molar-refractivity contribution in [1.29, 1.82) is 0 Å². The van der Waals surface area contributed by atoms with Crippen LogP contribution in [0.4, 0.5) is 0 Å². The Hall–Kier alpha value is -1.20. The summed E-state index contributed by atoms with van der Waals surface area (Å²) < 4.78 is 5.83. The molecule has 1 aromatic carbocycles. The average molecular weight is 379 g/mol. The number of hydrogen-bond donors (Lipinski definition) is 3. The van der Waals surface area contributed by atoms with Gasteiger partial charge < -0.3 is 20.1 Å². The monoisotopic (exact) mass is 378 g/mol. The first-order chi connectivity index (χ1) is 12.6. The quantitative estimate of drug-likeness (QED) is 0.374. The number of aryl methyl sites for hydroxylation is 3. The minimum Gasteiger partial charge on any atom is -0.393 e. The number of benzene rings is 1. The van der Waals surface area contributed by atoms with Gasteiger partial charge in [0, 0.05) is 0 Å². The molecular formula is C23H38O4. The van der Waals surface area contributed by atoms with Gasteiger partial charge in [0.25, 0.3) is 0 Å². The SMILES string of the molecule is Cc1cc(C)c(CO)c(CCC[C@@H](CC/C=C\C[C@H](C)O)OC(C)(C)O)c1. The van der Waals surface area contributed by atoms with E-state index >= 15 is 0 Å². The summed E-state index contributed by atoms with van der Waals surface area (Å²) in [6.45, 7) is 9.30. The standard InChI is InChI=1S/C23H38O4/c1-17-14-18(2)22(16-24)20(15-17)11-9-13-21(27-23(4,5)26)12-8-6-7-10-19(3)25/h6-7,14-15,19,21,24-26H,8-13,16H2,1-5H3/b7-6-/t19-,21+/m0/s1. The van der Waals surface area contributed by atoms with Gasteiger partial charge in [0.2, 0.25) is 0 Å². The van der Waals surface area contributed by atoms with E-state index in [9.17, 15) is 15.3 Å². The first kappa shape index (κ1) is 23.8. The van der Waals surface area contributed by atoms with E-state index in [0.29, 0.717) is 6.42 Å². The van der Waals surface area contributed by atoms with E-state index in [1.165, 1.54) is 11.1 Å². The lowest BCUT2D eigenvalue weighted by atomic mass is 9.94. The number of ether oxygens (including phenoxy) is 1. The van der Waals surface area contributed by atoms with E-state index in [1.54, 1.807) is 20.8 Å². The number of aliphatic hydroxyl groups is 3.